The molecule has 176 valence electrons. The third-order valence-corrected chi connectivity index (χ3v) is 8.87. The minimum absolute atomic E-state index is 0.00917. The first-order chi connectivity index (χ1) is 16.1. The van der Waals surface area contributed by atoms with Crippen molar-refractivity contribution in [1.82, 2.24) is 4.31 Å². The second-order valence-corrected chi connectivity index (χ2v) is 11.6. The summed E-state index contributed by atoms with van der Waals surface area (Å²) in [6, 6.07) is 16.7. The fourth-order valence-electron chi connectivity index (χ4n) is 4.12. The smallest absolute Gasteiger partial charge is 0.333 e. The molecule has 0 spiro atoms. The number of hydrogen-bond donors (Lipinski definition) is 1. The summed E-state index contributed by atoms with van der Waals surface area (Å²) in [6.45, 7) is 1.87. The lowest BCUT2D eigenvalue weighted by atomic mass is 9.89. The first-order valence-corrected chi connectivity index (χ1v) is 13.3. The van der Waals surface area contributed by atoms with Crippen LogP contribution in [0.4, 0.5) is 0 Å². The molecule has 3 aromatic rings. The van der Waals surface area contributed by atoms with E-state index in [0.29, 0.717) is 25.6 Å². The summed E-state index contributed by atoms with van der Waals surface area (Å²) in [4.78, 5) is 12.4. The molecule has 0 aromatic heterocycles. The van der Waals surface area contributed by atoms with Crippen LogP contribution in [0.3, 0.4) is 0 Å². The van der Waals surface area contributed by atoms with Crippen LogP contribution in [-0.4, -0.2) is 23.8 Å². The van der Waals surface area contributed by atoms with Gasteiger partial charge in [-0.2, -0.15) is 4.31 Å². The third kappa shape index (κ3) is 4.81. The van der Waals surface area contributed by atoms with Gasteiger partial charge in [-0.1, -0.05) is 81.1 Å². The summed E-state index contributed by atoms with van der Waals surface area (Å²) in [6.07, 6.45) is 1.75. The minimum atomic E-state index is -4.14. The second kappa shape index (κ2) is 9.84. The Morgan fingerprint density at radius 1 is 1.00 bits per heavy atom. The number of hydrogen-bond acceptors (Lipinski definition) is 3. The normalized spacial score (nSPS) is 19.0. The fraction of sp³-hybridized carbons (Fsp3) is 0.160. The molecular weight excluding hydrogens is 561 g/mol. The van der Waals surface area contributed by atoms with Crippen molar-refractivity contribution in [3.8, 4) is 0 Å². The zero-order chi connectivity index (χ0) is 24.6. The summed E-state index contributed by atoms with van der Waals surface area (Å²) in [5, 5.41) is 10.7. The Balaban J connectivity index is 1.99. The molecule has 0 amide bonds. The van der Waals surface area contributed by atoms with Gasteiger partial charge in [0.15, 0.2) is 0 Å². The third-order valence-electron chi connectivity index (χ3n) is 5.75. The van der Waals surface area contributed by atoms with Crippen molar-refractivity contribution in [2.45, 2.75) is 30.3 Å². The molecule has 0 radical (unpaired) electrons. The van der Waals surface area contributed by atoms with E-state index in [1.165, 1.54) is 16.4 Å². The number of benzene rings is 3. The highest BCUT2D eigenvalue weighted by Crippen LogP contribution is 2.46. The van der Waals surface area contributed by atoms with E-state index >= 15 is 0 Å². The molecule has 9 heteroatoms. The highest BCUT2D eigenvalue weighted by molar-refractivity contribution is 9.10. The zero-order valence-electron chi connectivity index (χ0n) is 18.0. The Hall–Kier alpha value is -2.16. The van der Waals surface area contributed by atoms with Crippen molar-refractivity contribution in [1.29, 1.82) is 0 Å². The van der Waals surface area contributed by atoms with Crippen LogP contribution in [0.15, 0.2) is 87.7 Å². The van der Waals surface area contributed by atoms with Gasteiger partial charge in [0.25, 0.3) is 0 Å². The molecule has 4 rings (SSSR count). The van der Waals surface area contributed by atoms with Crippen molar-refractivity contribution in [2.75, 3.05) is 0 Å². The van der Waals surface area contributed by atoms with Crippen LogP contribution >= 0.6 is 39.1 Å². The van der Waals surface area contributed by atoms with Gasteiger partial charge in [-0.05, 0) is 60.9 Å². The van der Waals surface area contributed by atoms with Crippen molar-refractivity contribution in [3.63, 3.8) is 0 Å². The molecular formula is C25H20BrCl2NO4S. The van der Waals surface area contributed by atoms with Gasteiger partial charge in [-0.25, -0.2) is 13.2 Å². The minimum Gasteiger partial charge on any atom is -0.478 e. The molecule has 0 bridgehead atoms. The molecule has 0 saturated carbocycles. The molecule has 1 N–H and O–H groups in total. The van der Waals surface area contributed by atoms with E-state index in [0.717, 1.165) is 5.56 Å². The van der Waals surface area contributed by atoms with Gasteiger partial charge in [0.2, 0.25) is 10.0 Å². The van der Waals surface area contributed by atoms with Crippen LogP contribution in [0.2, 0.25) is 10.0 Å². The van der Waals surface area contributed by atoms with E-state index < -0.39 is 28.1 Å². The zero-order valence-corrected chi connectivity index (χ0v) is 21.9. The molecule has 5 nitrogen and oxygen atoms in total. The quantitative estimate of drug-likeness (QED) is 0.354. The number of rotatable bonds is 5. The van der Waals surface area contributed by atoms with E-state index in [4.69, 9.17) is 23.2 Å². The van der Waals surface area contributed by atoms with Gasteiger partial charge in [-0.15, -0.1) is 0 Å². The summed E-state index contributed by atoms with van der Waals surface area (Å²) in [5.41, 5.74) is 2.05. The van der Waals surface area contributed by atoms with Crippen molar-refractivity contribution in [3.05, 3.63) is 110 Å². The lowest BCUT2D eigenvalue weighted by Gasteiger charge is -2.40. The van der Waals surface area contributed by atoms with Gasteiger partial charge >= 0.3 is 5.97 Å². The SMILES string of the molecule is Cc1ccc(S(=O)(=O)N2C(c3ccc(Cl)c(Cl)c3)CC=C(C(=O)O)C2c2cccc(Br)c2)cc1. The van der Waals surface area contributed by atoms with Crippen LogP contribution < -0.4 is 0 Å². The van der Waals surface area contributed by atoms with E-state index in [9.17, 15) is 18.3 Å². The molecule has 2 unspecified atom stereocenters. The van der Waals surface area contributed by atoms with Crippen LogP contribution in [0.1, 0.15) is 35.2 Å². The van der Waals surface area contributed by atoms with Crippen molar-refractivity contribution < 1.29 is 18.3 Å². The van der Waals surface area contributed by atoms with Gasteiger partial charge in [-0.3, -0.25) is 0 Å². The van der Waals surface area contributed by atoms with Crippen LogP contribution in [0, 0.1) is 6.92 Å². The van der Waals surface area contributed by atoms with Crippen LogP contribution in [0.5, 0.6) is 0 Å². The molecule has 34 heavy (non-hydrogen) atoms. The van der Waals surface area contributed by atoms with Crippen molar-refractivity contribution in [2.24, 2.45) is 0 Å². The Morgan fingerprint density at radius 3 is 2.32 bits per heavy atom. The molecule has 1 aliphatic rings. The molecule has 0 saturated heterocycles. The average molecular weight is 581 g/mol. The van der Waals surface area contributed by atoms with Crippen LogP contribution in [0.25, 0.3) is 0 Å². The summed E-state index contributed by atoms with van der Waals surface area (Å²) < 4.78 is 30.2. The monoisotopic (exact) mass is 579 g/mol. The Bertz CT molecular complexity index is 1390. The summed E-state index contributed by atoms with van der Waals surface area (Å²) in [5.74, 6) is -1.18. The predicted octanol–water partition coefficient (Wildman–Crippen LogP) is 6.95. The lowest BCUT2D eigenvalue weighted by molar-refractivity contribution is -0.133. The molecule has 0 aliphatic carbocycles. The fourth-order valence-corrected chi connectivity index (χ4v) is 6.62. The number of aliphatic carboxylic acids is 1. The van der Waals surface area contributed by atoms with Gasteiger partial charge in [0.05, 0.1) is 32.6 Å². The van der Waals surface area contributed by atoms with Gasteiger partial charge in [0.1, 0.15) is 0 Å². The highest BCUT2D eigenvalue weighted by atomic mass is 79.9. The van der Waals surface area contributed by atoms with E-state index in [2.05, 4.69) is 15.9 Å². The van der Waals surface area contributed by atoms with E-state index in [-0.39, 0.29) is 16.9 Å². The summed E-state index contributed by atoms with van der Waals surface area (Å²) >= 11 is 15.8. The first kappa shape index (κ1) is 24.9. The number of nitrogens with zero attached hydrogens (tertiary/aromatic N) is 1. The molecule has 2 atom stereocenters. The molecule has 1 heterocycles. The maximum Gasteiger partial charge on any atom is 0.333 e. The Labute approximate surface area is 216 Å². The highest BCUT2D eigenvalue weighted by Gasteiger charge is 2.44. The average Bonchev–Trinajstić information content (AvgIpc) is 2.80. The Kier molecular flexibility index (Phi) is 7.22. The van der Waals surface area contributed by atoms with Crippen molar-refractivity contribution >= 4 is 55.1 Å². The first-order valence-electron chi connectivity index (χ1n) is 10.3. The largest absolute Gasteiger partial charge is 0.478 e. The summed E-state index contributed by atoms with van der Waals surface area (Å²) in [7, 11) is -4.14. The Morgan fingerprint density at radius 2 is 1.71 bits per heavy atom. The number of aryl methyl sites for hydroxylation is 1. The molecule has 1 aliphatic heterocycles. The maximum atomic E-state index is 14.1. The molecule has 3 aromatic carbocycles. The number of carboxylic acids is 1. The van der Waals surface area contributed by atoms with Crippen LogP contribution in [-0.2, 0) is 14.8 Å². The maximum absolute atomic E-state index is 14.1. The van der Waals surface area contributed by atoms with Gasteiger partial charge < -0.3 is 5.11 Å². The second-order valence-electron chi connectivity index (χ2n) is 8.00. The topological polar surface area (TPSA) is 74.7 Å². The lowest BCUT2D eigenvalue weighted by Crippen LogP contribution is -2.42. The number of halogens is 3. The number of carbonyl (C=O) groups is 1. The number of sulfonamides is 1. The standard InChI is InChI=1S/C25H20BrCl2NO4S/c1-15-5-8-19(9-6-15)34(32,33)29-23(16-7-11-21(27)22(28)14-16)12-10-20(25(30)31)24(29)17-3-2-4-18(26)13-17/h2-11,13-14,23-24H,12H2,1H3,(H,30,31). The number of carboxylic acid groups (broad SMARTS) is 1. The predicted molar refractivity (Wildman–Crippen MR) is 137 cm³/mol. The van der Waals surface area contributed by atoms with Gasteiger partial charge in [0, 0.05) is 4.47 Å². The van der Waals surface area contributed by atoms with E-state index in [1.54, 1.807) is 60.7 Å². The molecule has 0 fully saturated rings. The van der Waals surface area contributed by atoms with E-state index in [1.807, 2.05) is 6.92 Å².